The van der Waals surface area contributed by atoms with Crippen molar-refractivity contribution >= 4 is 33.6 Å². The molecule has 0 aliphatic carbocycles. The Hall–Kier alpha value is -2.25. The van der Waals surface area contributed by atoms with Crippen molar-refractivity contribution < 1.29 is 18.9 Å². The molecule has 1 atom stereocenters. The van der Waals surface area contributed by atoms with Gasteiger partial charge in [0.25, 0.3) is 0 Å². The maximum Gasteiger partial charge on any atom is 0.323 e. The molecule has 0 bridgehead atoms. The zero-order valence-electron chi connectivity index (χ0n) is 12.3. The summed E-state index contributed by atoms with van der Waals surface area (Å²) in [5.74, 6) is -1.35. The molecule has 6 nitrogen and oxygen atoms in total. The number of hydrogen-bond acceptors (Lipinski definition) is 3. The molecule has 1 heterocycles. The van der Waals surface area contributed by atoms with Crippen LogP contribution in [0.25, 0.3) is 10.8 Å². The zero-order chi connectivity index (χ0) is 16.4. The molecule has 1 N–H and O–H groups in total. The highest BCUT2D eigenvalue weighted by molar-refractivity contribution is 7.82. The number of carbonyl (C=O) groups is 2. The van der Waals surface area contributed by atoms with Crippen molar-refractivity contribution in [1.29, 1.82) is 0 Å². The molecular formula is C16H16N2O4S. The van der Waals surface area contributed by atoms with E-state index in [0.29, 0.717) is 11.4 Å². The lowest BCUT2D eigenvalue weighted by Crippen LogP contribution is -2.52. The van der Waals surface area contributed by atoms with Gasteiger partial charge < -0.3 is 10.0 Å². The first-order valence-electron chi connectivity index (χ1n) is 7.20. The van der Waals surface area contributed by atoms with Crippen molar-refractivity contribution in [2.75, 3.05) is 26.2 Å². The number of amides is 1. The molecule has 3 rings (SSSR count). The van der Waals surface area contributed by atoms with Crippen molar-refractivity contribution in [2.24, 2.45) is 0 Å². The molecule has 0 aromatic heterocycles. The maximum atomic E-state index is 12.7. The molecule has 7 heteroatoms. The smallest absolute Gasteiger partial charge is 0.323 e. The summed E-state index contributed by atoms with van der Waals surface area (Å²) >= 11 is 0. The Morgan fingerprint density at radius 2 is 1.87 bits per heavy atom. The summed E-state index contributed by atoms with van der Waals surface area (Å²) in [7, 11) is -1.44. The third kappa shape index (κ3) is 3.40. The number of fused-ring (bicyclic) bond motifs is 1. The SMILES string of the molecule is O=C(O)CN1CCN(S(=O)c2ccc3ccccc3c2)CC1=O. The molecule has 23 heavy (non-hydrogen) atoms. The highest BCUT2D eigenvalue weighted by Gasteiger charge is 2.28. The van der Waals surface area contributed by atoms with Gasteiger partial charge in [-0.1, -0.05) is 30.3 Å². The van der Waals surface area contributed by atoms with Gasteiger partial charge in [0.2, 0.25) is 5.91 Å². The van der Waals surface area contributed by atoms with Gasteiger partial charge in [-0.25, -0.2) is 8.51 Å². The maximum absolute atomic E-state index is 12.7. The first kappa shape index (κ1) is 15.6. The minimum absolute atomic E-state index is 0.0350. The molecule has 1 aliphatic heterocycles. The van der Waals surface area contributed by atoms with Crippen LogP contribution in [0.3, 0.4) is 0 Å². The molecule has 0 radical (unpaired) electrons. The minimum atomic E-state index is -1.44. The first-order chi connectivity index (χ1) is 11.0. The van der Waals surface area contributed by atoms with Crippen molar-refractivity contribution in [2.45, 2.75) is 4.90 Å². The zero-order valence-corrected chi connectivity index (χ0v) is 13.2. The van der Waals surface area contributed by atoms with Crippen LogP contribution >= 0.6 is 0 Å². The van der Waals surface area contributed by atoms with E-state index in [-0.39, 0.29) is 25.5 Å². The van der Waals surface area contributed by atoms with Crippen molar-refractivity contribution in [3.8, 4) is 0 Å². The van der Waals surface area contributed by atoms with E-state index in [1.807, 2.05) is 36.4 Å². The van der Waals surface area contributed by atoms with E-state index in [1.165, 1.54) is 4.90 Å². The lowest BCUT2D eigenvalue weighted by molar-refractivity contribution is -0.145. The average Bonchev–Trinajstić information content (AvgIpc) is 2.55. The fourth-order valence-corrected chi connectivity index (χ4v) is 3.77. The third-order valence-corrected chi connectivity index (χ3v) is 5.20. The summed E-state index contributed by atoms with van der Waals surface area (Å²) in [6.45, 7) is 0.310. The van der Waals surface area contributed by atoms with E-state index in [4.69, 9.17) is 5.11 Å². The normalized spacial score (nSPS) is 17.4. The van der Waals surface area contributed by atoms with Crippen molar-refractivity contribution in [1.82, 2.24) is 9.21 Å². The summed E-state index contributed by atoms with van der Waals surface area (Å²) in [5, 5.41) is 10.8. The third-order valence-electron chi connectivity index (χ3n) is 3.77. The van der Waals surface area contributed by atoms with E-state index in [9.17, 15) is 13.8 Å². The Labute approximate surface area is 135 Å². The van der Waals surface area contributed by atoms with Crippen LogP contribution in [-0.4, -0.2) is 56.6 Å². The Kier molecular flexibility index (Phi) is 4.40. The molecule has 0 spiro atoms. The standard InChI is InChI=1S/C16H16N2O4S/c19-15-10-18(8-7-17(15)11-16(20)21)23(22)14-6-5-12-3-1-2-4-13(12)9-14/h1-6,9H,7-8,10-11H2,(H,20,21). The summed E-state index contributed by atoms with van der Waals surface area (Å²) in [5.41, 5.74) is 0. The van der Waals surface area contributed by atoms with Gasteiger partial charge >= 0.3 is 5.97 Å². The van der Waals surface area contributed by atoms with Gasteiger partial charge in [-0.2, -0.15) is 0 Å². The molecule has 1 amide bonds. The first-order valence-corrected chi connectivity index (χ1v) is 8.30. The Balaban J connectivity index is 1.75. The molecule has 1 fully saturated rings. The fraction of sp³-hybridized carbons (Fsp3) is 0.250. The largest absolute Gasteiger partial charge is 0.480 e. The fourth-order valence-electron chi connectivity index (χ4n) is 2.58. The molecule has 2 aromatic carbocycles. The van der Waals surface area contributed by atoms with Gasteiger partial charge in [0.1, 0.15) is 17.5 Å². The van der Waals surface area contributed by atoms with Crippen LogP contribution in [0.5, 0.6) is 0 Å². The van der Waals surface area contributed by atoms with Crippen LogP contribution in [0, 0.1) is 0 Å². The second-order valence-electron chi connectivity index (χ2n) is 5.33. The Morgan fingerprint density at radius 3 is 2.57 bits per heavy atom. The van der Waals surface area contributed by atoms with Crippen LogP contribution in [0.2, 0.25) is 0 Å². The van der Waals surface area contributed by atoms with E-state index in [1.54, 1.807) is 10.4 Å². The highest BCUT2D eigenvalue weighted by atomic mass is 32.2. The van der Waals surface area contributed by atoms with Crippen LogP contribution < -0.4 is 0 Å². The van der Waals surface area contributed by atoms with Gasteiger partial charge in [-0.05, 0) is 22.9 Å². The highest BCUT2D eigenvalue weighted by Crippen LogP contribution is 2.20. The van der Waals surface area contributed by atoms with Gasteiger partial charge in [-0.3, -0.25) is 9.59 Å². The van der Waals surface area contributed by atoms with E-state index >= 15 is 0 Å². The van der Waals surface area contributed by atoms with Gasteiger partial charge in [0.15, 0.2) is 0 Å². The number of carbonyl (C=O) groups excluding carboxylic acids is 1. The average molecular weight is 332 g/mol. The van der Waals surface area contributed by atoms with E-state index in [2.05, 4.69) is 0 Å². The van der Waals surface area contributed by atoms with Crippen LogP contribution in [0.4, 0.5) is 0 Å². The summed E-state index contributed by atoms with van der Waals surface area (Å²) in [6.07, 6.45) is 0. The quantitative estimate of drug-likeness (QED) is 0.909. The molecule has 1 aliphatic rings. The van der Waals surface area contributed by atoms with E-state index < -0.39 is 17.0 Å². The predicted molar refractivity (Wildman–Crippen MR) is 86.1 cm³/mol. The predicted octanol–water partition coefficient (Wildman–Crippen LogP) is 1.09. The number of carboxylic acid groups (broad SMARTS) is 1. The molecule has 1 saturated heterocycles. The molecule has 0 saturated carbocycles. The van der Waals surface area contributed by atoms with Crippen molar-refractivity contribution in [3.05, 3.63) is 42.5 Å². The summed E-state index contributed by atoms with van der Waals surface area (Å²) in [4.78, 5) is 24.6. The summed E-state index contributed by atoms with van der Waals surface area (Å²) in [6, 6.07) is 13.4. The van der Waals surface area contributed by atoms with Crippen molar-refractivity contribution in [3.63, 3.8) is 0 Å². The monoisotopic (exact) mass is 332 g/mol. The lowest BCUT2D eigenvalue weighted by atomic mass is 10.1. The molecular weight excluding hydrogens is 316 g/mol. The van der Waals surface area contributed by atoms with Gasteiger partial charge in [0.05, 0.1) is 11.4 Å². The number of benzene rings is 2. The number of rotatable bonds is 4. The molecule has 2 aromatic rings. The minimum Gasteiger partial charge on any atom is -0.480 e. The van der Waals surface area contributed by atoms with Gasteiger partial charge in [-0.15, -0.1) is 0 Å². The second-order valence-corrected chi connectivity index (χ2v) is 6.82. The Bertz CT molecular complexity index is 792. The van der Waals surface area contributed by atoms with Crippen LogP contribution in [0.1, 0.15) is 0 Å². The van der Waals surface area contributed by atoms with Crippen LogP contribution in [-0.2, 0) is 20.6 Å². The number of piperazine rings is 1. The topological polar surface area (TPSA) is 77.9 Å². The van der Waals surface area contributed by atoms with E-state index in [0.717, 1.165) is 10.8 Å². The number of hydrogen-bond donors (Lipinski definition) is 1. The lowest BCUT2D eigenvalue weighted by Gasteiger charge is -2.32. The van der Waals surface area contributed by atoms with Gasteiger partial charge in [0, 0.05) is 13.1 Å². The second kappa shape index (κ2) is 6.47. The molecule has 1 unspecified atom stereocenters. The Morgan fingerprint density at radius 1 is 1.13 bits per heavy atom. The summed E-state index contributed by atoms with van der Waals surface area (Å²) < 4.78 is 14.2. The molecule has 120 valence electrons. The number of carboxylic acids is 1. The van der Waals surface area contributed by atoms with Crippen LogP contribution in [0.15, 0.2) is 47.4 Å². The number of aliphatic carboxylic acids is 1. The number of nitrogens with zero attached hydrogens (tertiary/aromatic N) is 2.